The van der Waals surface area contributed by atoms with Crippen LogP contribution in [0.25, 0.3) is 6.08 Å². The lowest BCUT2D eigenvalue weighted by Gasteiger charge is -2.06. The van der Waals surface area contributed by atoms with Crippen molar-refractivity contribution in [3.63, 3.8) is 0 Å². The summed E-state index contributed by atoms with van der Waals surface area (Å²) >= 11 is 3.29. The van der Waals surface area contributed by atoms with Gasteiger partial charge in [-0.1, -0.05) is 0 Å². The predicted molar refractivity (Wildman–Crippen MR) is 93.8 cm³/mol. The molecule has 0 bridgehead atoms. The zero-order valence-electron chi connectivity index (χ0n) is 13.0. The van der Waals surface area contributed by atoms with E-state index in [4.69, 9.17) is 9.15 Å². The molecule has 2 aromatic heterocycles. The molecule has 0 N–H and O–H groups in total. The molecule has 0 amide bonds. The lowest BCUT2D eigenvalue weighted by Crippen LogP contribution is -2.03. The second-order valence-corrected chi connectivity index (χ2v) is 6.05. The molecule has 3 rings (SSSR count). The Labute approximate surface area is 147 Å². The number of aryl methyl sites for hydroxylation is 1. The van der Waals surface area contributed by atoms with E-state index in [0.29, 0.717) is 23.7 Å². The summed E-state index contributed by atoms with van der Waals surface area (Å²) in [5, 5.41) is 0. The largest absolute Gasteiger partial charge is 0.486 e. The number of hydrogen-bond donors (Lipinski definition) is 0. The van der Waals surface area contributed by atoms with Crippen LogP contribution in [0.1, 0.15) is 21.9 Å². The highest BCUT2D eigenvalue weighted by Crippen LogP contribution is 2.17. The number of furan rings is 1. The summed E-state index contributed by atoms with van der Waals surface area (Å²) < 4.78 is 13.6. The van der Waals surface area contributed by atoms with E-state index in [-0.39, 0.29) is 5.78 Å². The fraction of sp³-hybridized carbons (Fsp3) is 0.111. The minimum Gasteiger partial charge on any atom is -0.486 e. The Kier molecular flexibility index (Phi) is 4.96. The second-order valence-electron chi connectivity index (χ2n) is 5.13. The van der Waals surface area contributed by atoms with E-state index >= 15 is 0 Å². The van der Waals surface area contributed by atoms with Gasteiger partial charge in [-0.15, -0.1) is 0 Å². The Morgan fingerprint density at radius 3 is 2.79 bits per heavy atom. The van der Waals surface area contributed by atoms with Crippen LogP contribution in [0.3, 0.4) is 0 Å². The van der Waals surface area contributed by atoms with Crippen LogP contribution in [-0.2, 0) is 13.7 Å². The summed E-state index contributed by atoms with van der Waals surface area (Å²) in [7, 11) is 1.91. The average molecular weight is 387 g/mol. The van der Waals surface area contributed by atoms with Crippen molar-refractivity contribution in [1.82, 2.24) is 9.55 Å². The molecule has 0 spiro atoms. The summed E-state index contributed by atoms with van der Waals surface area (Å²) in [6.07, 6.45) is 8.28. The smallest absolute Gasteiger partial charge is 0.185 e. The first kappa shape index (κ1) is 16.3. The van der Waals surface area contributed by atoms with Crippen molar-refractivity contribution in [2.24, 2.45) is 7.05 Å². The van der Waals surface area contributed by atoms with Gasteiger partial charge < -0.3 is 13.7 Å². The highest BCUT2D eigenvalue weighted by molar-refractivity contribution is 9.10. The Morgan fingerprint density at radius 1 is 1.38 bits per heavy atom. The van der Waals surface area contributed by atoms with Crippen molar-refractivity contribution in [2.75, 3.05) is 0 Å². The fourth-order valence-electron chi connectivity index (χ4n) is 2.07. The molecule has 0 saturated carbocycles. The standard InChI is InChI=1S/C18H15BrN2O3/c1-21-9-8-20-18(21)12-24-15-4-2-13(3-5-15)17(22)7-6-16-10-14(19)11-23-16/h2-11H,12H2,1H3/b7-6-. The maximum atomic E-state index is 12.1. The number of benzene rings is 1. The Hall–Kier alpha value is -2.60. The van der Waals surface area contributed by atoms with E-state index in [9.17, 15) is 4.79 Å². The van der Waals surface area contributed by atoms with Gasteiger partial charge >= 0.3 is 0 Å². The molecule has 3 aromatic rings. The molecule has 6 heteroatoms. The first-order valence-corrected chi connectivity index (χ1v) is 8.06. The third-order valence-electron chi connectivity index (χ3n) is 3.41. The van der Waals surface area contributed by atoms with Gasteiger partial charge in [0.15, 0.2) is 5.78 Å². The van der Waals surface area contributed by atoms with Crippen molar-refractivity contribution < 1.29 is 13.9 Å². The van der Waals surface area contributed by atoms with Crippen molar-refractivity contribution in [3.05, 3.63) is 76.7 Å². The van der Waals surface area contributed by atoms with E-state index in [1.807, 2.05) is 17.8 Å². The molecule has 2 heterocycles. The zero-order chi connectivity index (χ0) is 16.9. The van der Waals surface area contributed by atoms with E-state index in [1.54, 1.807) is 48.9 Å². The molecular formula is C18H15BrN2O3. The summed E-state index contributed by atoms with van der Waals surface area (Å²) in [5.41, 5.74) is 0.584. The van der Waals surface area contributed by atoms with Gasteiger partial charge in [0, 0.05) is 25.0 Å². The number of ketones is 1. The molecule has 0 aliphatic carbocycles. The molecular weight excluding hydrogens is 372 g/mol. The number of hydrogen-bond acceptors (Lipinski definition) is 4. The van der Waals surface area contributed by atoms with Gasteiger partial charge in [0.05, 0.1) is 4.47 Å². The lowest BCUT2D eigenvalue weighted by molar-refractivity contribution is 0.104. The number of nitrogens with zero attached hydrogens (tertiary/aromatic N) is 2. The fourth-order valence-corrected chi connectivity index (χ4v) is 2.39. The van der Waals surface area contributed by atoms with Gasteiger partial charge in [0.1, 0.15) is 30.2 Å². The van der Waals surface area contributed by atoms with Gasteiger partial charge in [-0.05, 0) is 58.4 Å². The van der Waals surface area contributed by atoms with Crippen LogP contribution in [0.2, 0.25) is 0 Å². The Balaban J connectivity index is 1.60. The number of imidazole rings is 1. The minimum atomic E-state index is -0.0989. The van der Waals surface area contributed by atoms with Crippen molar-refractivity contribution in [1.29, 1.82) is 0 Å². The van der Waals surface area contributed by atoms with Gasteiger partial charge in [0.2, 0.25) is 0 Å². The maximum absolute atomic E-state index is 12.1. The molecule has 0 fully saturated rings. The number of halogens is 1. The molecule has 0 unspecified atom stereocenters. The number of allylic oxidation sites excluding steroid dienone is 1. The van der Waals surface area contributed by atoms with Crippen LogP contribution in [0, 0.1) is 0 Å². The van der Waals surface area contributed by atoms with E-state index in [0.717, 1.165) is 10.3 Å². The highest BCUT2D eigenvalue weighted by atomic mass is 79.9. The first-order valence-electron chi connectivity index (χ1n) is 7.27. The number of carbonyl (C=O) groups is 1. The quantitative estimate of drug-likeness (QED) is 0.469. The SMILES string of the molecule is Cn1ccnc1COc1ccc(C(=O)/C=C\c2cc(Br)co2)cc1. The van der Waals surface area contributed by atoms with Crippen molar-refractivity contribution in [3.8, 4) is 5.75 Å². The first-order chi connectivity index (χ1) is 11.6. The van der Waals surface area contributed by atoms with E-state index in [2.05, 4.69) is 20.9 Å². The highest BCUT2D eigenvalue weighted by Gasteiger charge is 2.05. The number of ether oxygens (including phenoxy) is 1. The average Bonchev–Trinajstić information content (AvgIpc) is 3.19. The second kappa shape index (κ2) is 7.31. The summed E-state index contributed by atoms with van der Waals surface area (Å²) in [6, 6.07) is 8.80. The normalized spacial score (nSPS) is 11.1. The van der Waals surface area contributed by atoms with Crippen LogP contribution in [0.4, 0.5) is 0 Å². The molecule has 122 valence electrons. The number of rotatable bonds is 6. The van der Waals surface area contributed by atoms with Gasteiger partial charge in [-0.3, -0.25) is 4.79 Å². The van der Waals surface area contributed by atoms with Crippen LogP contribution < -0.4 is 4.74 Å². The molecule has 1 aromatic carbocycles. The van der Waals surface area contributed by atoms with Crippen LogP contribution in [0.15, 0.2) is 64.0 Å². The molecule has 0 radical (unpaired) electrons. The zero-order valence-corrected chi connectivity index (χ0v) is 14.6. The van der Waals surface area contributed by atoms with Gasteiger partial charge in [0.25, 0.3) is 0 Å². The lowest BCUT2D eigenvalue weighted by atomic mass is 10.1. The number of aromatic nitrogens is 2. The predicted octanol–water partition coefficient (Wildman–Crippen LogP) is 4.25. The number of carbonyl (C=O) groups excluding carboxylic acids is 1. The Morgan fingerprint density at radius 2 is 2.17 bits per heavy atom. The van der Waals surface area contributed by atoms with Gasteiger partial charge in [-0.2, -0.15) is 0 Å². The van der Waals surface area contributed by atoms with Crippen molar-refractivity contribution in [2.45, 2.75) is 6.61 Å². The molecule has 0 atom stereocenters. The minimum absolute atomic E-state index is 0.0989. The molecule has 0 aliphatic heterocycles. The molecule has 0 saturated heterocycles. The van der Waals surface area contributed by atoms with E-state index < -0.39 is 0 Å². The van der Waals surface area contributed by atoms with Crippen molar-refractivity contribution >= 4 is 27.8 Å². The maximum Gasteiger partial charge on any atom is 0.185 e. The van der Waals surface area contributed by atoms with Crippen LogP contribution in [0.5, 0.6) is 5.75 Å². The van der Waals surface area contributed by atoms with Crippen LogP contribution >= 0.6 is 15.9 Å². The van der Waals surface area contributed by atoms with Gasteiger partial charge in [-0.25, -0.2) is 4.98 Å². The summed E-state index contributed by atoms with van der Waals surface area (Å²) in [5.74, 6) is 2.04. The third kappa shape index (κ3) is 4.02. The molecule has 0 aliphatic rings. The monoisotopic (exact) mass is 386 g/mol. The van der Waals surface area contributed by atoms with Crippen LogP contribution in [-0.4, -0.2) is 15.3 Å². The van der Waals surface area contributed by atoms with E-state index in [1.165, 1.54) is 6.08 Å². The molecule has 24 heavy (non-hydrogen) atoms. The molecule has 5 nitrogen and oxygen atoms in total. The Bertz CT molecular complexity index is 863. The summed E-state index contributed by atoms with van der Waals surface area (Å²) in [6.45, 7) is 0.379. The topological polar surface area (TPSA) is 57.3 Å². The third-order valence-corrected chi connectivity index (χ3v) is 3.83. The summed E-state index contributed by atoms with van der Waals surface area (Å²) in [4.78, 5) is 16.3.